The van der Waals surface area contributed by atoms with Crippen LogP contribution < -0.4 is 19.5 Å². The van der Waals surface area contributed by atoms with Gasteiger partial charge in [0.25, 0.3) is 5.91 Å². The Labute approximate surface area is 221 Å². The number of hydrogen-bond acceptors (Lipinski definition) is 5. The van der Waals surface area contributed by atoms with Crippen LogP contribution in [0.25, 0.3) is 10.9 Å². The van der Waals surface area contributed by atoms with E-state index in [0.29, 0.717) is 29.5 Å². The van der Waals surface area contributed by atoms with Crippen LogP contribution in [0.15, 0.2) is 72.8 Å². The number of methoxy groups -OCH3 is 3. The summed E-state index contributed by atoms with van der Waals surface area (Å²) < 4.78 is 18.3. The molecule has 2 heterocycles. The predicted octanol–water partition coefficient (Wildman–Crippen LogP) is 4.40. The van der Waals surface area contributed by atoms with Crippen LogP contribution in [0.4, 0.5) is 0 Å². The number of carbonyl (C=O) groups excluding carboxylic acids is 2. The van der Waals surface area contributed by atoms with E-state index in [9.17, 15) is 9.59 Å². The monoisotopic (exact) mass is 513 g/mol. The van der Waals surface area contributed by atoms with Crippen molar-refractivity contribution in [3.63, 3.8) is 0 Å². The lowest BCUT2D eigenvalue weighted by molar-refractivity contribution is -0.133. The van der Waals surface area contributed by atoms with Gasteiger partial charge in [-0.15, -0.1) is 0 Å². The van der Waals surface area contributed by atoms with Crippen molar-refractivity contribution < 1.29 is 23.8 Å². The molecule has 8 nitrogen and oxygen atoms in total. The van der Waals surface area contributed by atoms with Crippen LogP contribution in [0.2, 0.25) is 0 Å². The molecule has 1 aromatic heterocycles. The molecule has 8 heteroatoms. The molecular formula is C30H31N3O5. The molecule has 0 aliphatic carbocycles. The first-order valence-corrected chi connectivity index (χ1v) is 12.4. The summed E-state index contributed by atoms with van der Waals surface area (Å²) in [6, 6.07) is 22.7. The van der Waals surface area contributed by atoms with Gasteiger partial charge in [-0.2, -0.15) is 0 Å². The summed E-state index contributed by atoms with van der Waals surface area (Å²) in [4.78, 5) is 29.6. The van der Waals surface area contributed by atoms with E-state index >= 15 is 0 Å². The number of carbonyl (C=O) groups is 2. The standard InChI is InChI=1S/C30H31N3O5/c1-30(29(35)31-17-21-10-6-8-12-26(21)37-3)19-32-24-11-7-5-9-20(24)15-25(32)28(34)33(30)18-22-13-14-23(36-2)16-27(22)38-4/h5-16H,17-19H2,1-4H3,(H,31,35). The summed E-state index contributed by atoms with van der Waals surface area (Å²) in [5, 5.41) is 4.02. The Bertz CT molecular complexity index is 1510. The number of ether oxygens (including phenoxy) is 3. The van der Waals surface area contributed by atoms with Gasteiger partial charge in [0, 0.05) is 34.6 Å². The maximum absolute atomic E-state index is 14.0. The Morgan fingerprint density at radius 1 is 0.895 bits per heavy atom. The van der Waals surface area contributed by atoms with Gasteiger partial charge in [0.15, 0.2) is 0 Å². The zero-order valence-electron chi connectivity index (χ0n) is 22.0. The van der Waals surface area contributed by atoms with Gasteiger partial charge in [0.2, 0.25) is 5.91 Å². The second-order valence-electron chi connectivity index (χ2n) is 9.51. The molecule has 1 N–H and O–H groups in total. The second-order valence-corrected chi connectivity index (χ2v) is 9.51. The van der Waals surface area contributed by atoms with Crippen LogP contribution in [0, 0.1) is 0 Å². The third-order valence-electron chi connectivity index (χ3n) is 7.28. The van der Waals surface area contributed by atoms with Crippen molar-refractivity contribution in [2.75, 3.05) is 21.3 Å². The van der Waals surface area contributed by atoms with E-state index in [-0.39, 0.29) is 24.9 Å². The molecule has 1 atom stereocenters. The van der Waals surface area contributed by atoms with Crippen LogP contribution in [0.3, 0.4) is 0 Å². The molecule has 0 fully saturated rings. The maximum Gasteiger partial charge on any atom is 0.271 e. The lowest BCUT2D eigenvalue weighted by Gasteiger charge is -2.44. The molecule has 4 aromatic rings. The fraction of sp³-hybridized carbons (Fsp3) is 0.267. The van der Waals surface area contributed by atoms with Gasteiger partial charge in [-0.05, 0) is 37.3 Å². The molecule has 0 bridgehead atoms. The highest BCUT2D eigenvalue weighted by Gasteiger charge is 2.47. The maximum atomic E-state index is 14.0. The quantitative estimate of drug-likeness (QED) is 0.378. The fourth-order valence-corrected chi connectivity index (χ4v) is 5.12. The van der Waals surface area contributed by atoms with E-state index in [0.717, 1.165) is 22.0 Å². The van der Waals surface area contributed by atoms with Gasteiger partial charge in [-0.1, -0.05) is 36.4 Å². The normalized spacial score (nSPS) is 16.7. The Hall–Kier alpha value is -4.46. The molecular weight excluding hydrogens is 482 g/mol. The van der Waals surface area contributed by atoms with E-state index in [1.807, 2.05) is 78.2 Å². The molecule has 38 heavy (non-hydrogen) atoms. The Balaban J connectivity index is 1.54. The summed E-state index contributed by atoms with van der Waals surface area (Å²) in [5.41, 5.74) is 1.91. The van der Waals surface area contributed by atoms with E-state index in [1.165, 1.54) is 0 Å². The summed E-state index contributed by atoms with van der Waals surface area (Å²) >= 11 is 0. The smallest absolute Gasteiger partial charge is 0.271 e. The van der Waals surface area contributed by atoms with E-state index in [1.54, 1.807) is 32.3 Å². The molecule has 0 radical (unpaired) electrons. The SMILES string of the molecule is COc1ccc(CN2C(=O)c3cc4ccccc4n3CC2(C)C(=O)NCc2ccccc2OC)c(OC)c1. The van der Waals surface area contributed by atoms with Crippen molar-refractivity contribution in [2.45, 2.75) is 32.1 Å². The third kappa shape index (κ3) is 4.32. The average molecular weight is 514 g/mol. The Morgan fingerprint density at radius 2 is 1.63 bits per heavy atom. The van der Waals surface area contributed by atoms with Gasteiger partial charge in [0.05, 0.1) is 34.4 Å². The molecule has 3 aromatic carbocycles. The lowest BCUT2D eigenvalue weighted by Crippen LogP contribution is -2.63. The average Bonchev–Trinajstić information content (AvgIpc) is 3.32. The first kappa shape index (κ1) is 25.2. The molecule has 1 aliphatic heterocycles. The highest BCUT2D eigenvalue weighted by Crippen LogP contribution is 2.35. The van der Waals surface area contributed by atoms with Crippen molar-refractivity contribution in [3.05, 3.63) is 89.6 Å². The number of fused-ring (bicyclic) bond motifs is 3. The number of nitrogens with zero attached hydrogens (tertiary/aromatic N) is 2. The second kappa shape index (κ2) is 10.1. The zero-order chi connectivity index (χ0) is 26.9. The number of para-hydroxylation sites is 2. The van der Waals surface area contributed by atoms with E-state index in [2.05, 4.69) is 5.32 Å². The molecule has 196 valence electrons. The van der Waals surface area contributed by atoms with Crippen LogP contribution in [-0.2, 0) is 24.4 Å². The first-order chi connectivity index (χ1) is 18.4. The highest BCUT2D eigenvalue weighted by atomic mass is 16.5. The van der Waals surface area contributed by atoms with Crippen molar-refractivity contribution in [3.8, 4) is 17.2 Å². The zero-order valence-corrected chi connectivity index (χ0v) is 22.0. The number of nitrogens with one attached hydrogen (secondary N) is 1. The molecule has 5 rings (SSSR count). The lowest BCUT2D eigenvalue weighted by atomic mass is 9.93. The van der Waals surface area contributed by atoms with Gasteiger partial charge >= 0.3 is 0 Å². The van der Waals surface area contributed by atoms with Crippen molar-refractivity contribution >= 4 is 22.7 Å². The van der Waals surface area contributed by atoms with Crippen LogP contribution in [-0.4, -0.2) is 48.1 Å². The summed E-state index contributed by atoms with van der Waals surface area (Å²) in [7, 11) is 4.77. The van der Waals surface area contributed by atoms with Crippen molar-refractivity contribution in [1.29, 1.82) is 0 Å². The summed E-state index contributed by atoms with van der Waals surface area (Å²) in [5.74, 6) is 1.44. The molecule has 1 aliphatic rings. The van der Waals surface area contributed by atoms with Crippen molar-refractivity contribution in [1.82, 2.24) is 14.8 Å². The number of benzene rings is 3. The molecule has 0 saturated heterocycles. The first-order valence-electron chi connectivity index (χ1n) is 12.4. The predicted molar refractivity (Wildman–Crippen MR) is 145 cm³/mol. The summed E-state index contributed by atoms with van der Waals surface area (Å²) in [6.07, 6.45) is 0. The van der Waals surface area contributed by atoms with Crippen LogP contribution >= 0.6 is 0 Å². The Kier molecular flexibility index (Phi) is 6.72. The van der Waals surface area contributed by atoms with Gasteiger partial charge in [-0.3, -0.25) is 9.59 Å². The van der Waals surface area contributed by atoms with E-state index in [4.69, 9.17) is 14.2 Å². The largest absolute Gasteiger partial charge is 0.497 e. The minimum Gasteiger partial charge on any atom is -0.497 e. The van der Waals surface area contributed by atoms with Gasteiger partial charge < -0.3 is 29.0 Å². The number of amides is 2. The molecule has 0 saturated carbocycles. The number of hydrogen-bond donors (Lipinski definition) is 1. The van der Waals surface area contributed by atoms with E-state index < -0.39 is 5.54 Å². The van der Waals surface area contributed by atoms with Gasteiger partial charge in [-0.25, -0.2) is 0 Å². The summed E-state index contributed by atoms with van der Waals surface area (Å²) in [6.45, 7) is 2.58. The molecule has 2 amide bonds. The van der Waals surface area contributed by atoms with Crippen molar-refractivity contribution in [2.24, 2.45) is 0 Å². The minimum atomic E-state index is -1.18. The topological polar surface area (TPSA) is 82.0 Å². The number of rotatable bonds is 8. The minimum absolute atomic E-state index is 0.187. The van der Waals surface area contributed by atoms with Crippen LogP contribution in [0.5, 0.6) is 17.2 Å². The van der Waals surface area contributed by atoms with Crippen LogP contribution in [0.1, 0.15) is 28.5 Å². The highest BCUT2D eigenvalue weighted by molar-refractivity contribution is 6.03. The number of aromatic nitrogens is 1. The molecule has 1 unspecified atom stereocenters. The fourth-order valence-electron chi connectivity index (χ4n) is 5.12. The molecule has 0 spiro atoms. The van der Waals surface area contributed by atoms with Gasteiger partial charge in [0.1, 0.15) is 28.5 Å². The Morgan fingerprint density at radius 3 is 2.39 bits per heavy atom. The third-order valence-corrected chi connectivity index (χ3v) is 7.28.